The second-order valence-corrected chi connectivity index (χ2v) is 5.96. The van der Waals surface area contributed by atoms with Crippen LogP contribution in [0, 0.1) is 0 Å². The van der Waals surface area contributed by atoms with Crippen LogP contribution >= 0.6 is 0 Å². The van der Waals surface area contributed by atoms with Gasteiger partial charge in [-0.25, -0.2) is 0 Å². The van der Waals surface area contributed by atoms with E-state index >= 15 is 0 Å². The number of carbonyl (C=O) groups excluding carboxylic acids is 2. The number of ether oxygens (including phenoxy) is 1. The van der Waals surface area contributed by atoms with Crippen LogP contribution < -0.4 is 0 Å². The summed E-state index contributed by atoms with van der Waals surface area (Å²) in [5, 5.41) is 3.03. The van der Waals surface area contributed by atoms with E-state index in [1.807, 2.05) is 36.4 Å². The highest BCUT2D eigenvalue weighted by Crippen LogP contribution is 2.30. The van der Waals surface area contributed by atoms with Crippen LogP contribution in [0.1, 0.15) is 12.5 Å². The summed E-state index contributed by atoms with van der Waals surface area (Å²) in [4.78, 5) is 25.4. The smallest absolute Gasteiger partial charge is 0.311 e. The maximum absolute atomic E-state index is 12.2. The van der Waals surface area contributed by atoms with Gasteiger partial charge in [0.15, 0.2) is 6.10 Å². The van der Waals surface area contributed by atoms with Crippen LogP contribution in [0.3, 0.4) is 0 Å². The Bertz CT molecular complexity index is 910. The van der Waals surface area contributed by atoms with E-state index in [9.17, 15) is 9.59 Å². The van der Waals surface area contributed by atoms with Gasteiger partial charge in [0.05, 0.1) is 12.7 Å². The molecule has 0 aliphatic rings. The maximum Gasteiger partial charge on any atom is 0.311 e. The van der Waals surface area contributed by atoms with Crippen molar-refractivity contribution >= 4 is 33.6 Å². The first-order valence-corrected chi connectivity index (χ1v) is 7.76. The average molecular weight is 325 g/mol. The molecule has 0 radical (unpaired) electrons. The zero-order chi connectivity index (χ0) is 17.3. The van der Waals surface area contributed by atoms with E-state index in [0.29, 0.717) is 0 Å². The number of furan rings is 1. The number of likely N-dealkylation sites (N-methyl/N-ethyl adjacent to an activating group) is 1. The quantitative estimate of drug-likeness (QED) is 0.691. The van der Waals surface area contributed by atoms with Crippen LogP contribution in [0.5, 0.6) is 0 Å². The fraction of sp³-hybridized carbons (Fsp3) is 0.263. The van der Waals surface area contributed by atoms with Crippen LogP contribution in [-0.4, -0.2) is 37.0 Å². The predicted octanol–water partition coefficient (Wildman–Crippen LogP) is 3.15. The van der Waals surface area contributed by atoms with E-state index in [-0.39, 0.29) is 12.3 Å². The van der Waals surface area contributed by atoms with Crippen molar-refractivity contribution in [2.75, 3.05) is 14.1 Å². The third-order valence-corrected chi connectivity index (χ3v) is 3.97. The second kappa shape index (κ2) is 6.35. The lowest BCUT2D eigenvalue weighted by atomic mass is 10.0. The molecule has 0 N–H and O–H groups in total. The first kappa shape index (κ1) is 16.1. The molecule has 0 aliphatic carbocycles. The SMILES string of the molecule is C[C@@H](OC(=O)Cc1coc2ccc3ccccc3c12)C(=O)N(C)C. The topological polar surface area (TPSA) is 59.8 Å². The number of carbonyl (C=O) groups is 2. The lowest BCUT2D eigenvalue weighted by molar-refractivity contribution is -0.157. The molecule has 1 amide bonds. The molecule has 24 heavy (non-hydrogen) atoms. The number of benzene rings is 2. The van der Waals surface area contributed by atoms with Gasteiger partial charge in [-0.15, -0.1) is 0 Å². The zero-order valence-electron chi connectivity index (χ0n) is 13.9. The molecule has 2 aromatic carbocycles. The number of amides is 1. The Kier molecular flexibility index (Phi) is 4.25. The lowest BCUT2D eigenvalue weighted by Gasteiger charge is -2.17. The van der Waals surface area contributed by atoms with Gasteiger partial charge in [-0.1, -0.05) is 30.3 Å². The fourth-order valence-electron chi connectivity index (χ4n) is 2.81. The van der Waals surface area contributed by atoms with Crippen molar-refractivity contribution in [1.29, 1.82) is 0 Å². The molecule has 1 heterocycles. The molecule has 0 spiro atoms. The summed E-state index contributed by atoms with van der Waals surface area (Å²) in [7, 11) is 3.25. The minimum atomic E-state index is -0.803. The average Bonchev–Trinajstić information content (AvgIpc) is 2.97. The number of rotatable bonds is 4. The number of hydrogen-bond acceptors (Lipinski definition) is 4. The molecule has 1 aromatic heterocycles. The molecular formula is C19H19NO4. The highest BCUT2D eigenvalue weighted by atomic mass is 16.5. The molecular weight excluding hydrogens is 306 g/mol. The van der Waals surface area contributed by atoms with E-state index < -0.39 is 12.1 Å². The maximum atomic E-state index is 12.2. The summed E-state index contributed by atoms with van der Waals surface area (Å²) in [6, 6.07) is 11.8. The van der Waals surface area contributed by atoms with Gasteiger partial charge >= 0.3 is 5.97 Å². The predicted molar refractivity (Wildman–Crippen MR) is 91.7 cm³/mol. The van der Waals surface area contributed by atoms with E-state index in [0.717, 1.165) is 27.3 Å². The van der Waals surface area contributed by atoms with E-state index in [4.69, 9.17) is 9.15 Å². The summed E-state index contributed by atoms with van der Waals surface area (Å²) in [5.74, 6) is -0.695. The fourth-order valence-corrected chi connectivity index (χ4v) is 2.81. The van der Waals surface area contributed by atoms with Crippen LogP contribution in [0.25, 0.3) is 21.7 Å². The van der Waals surface area contributed by atoms with E-state index in [1.165, 1.54) is 4.90 Å². The first-order valence-electron chi connectivity index (χ1n) is 7.76. The van der Waals surface area contributed by atoms with E-state index in [1.54, 1.807) is 27.3 Å². The standard InChI is InChI=1S/C19H19NO4/c1-12(19(22)20(2)3)24-17(21)10-14-11-23-16-9-8-13-6-4-5-7-15(13)18(14)16/h4-9,11-12H,10H2,1-3H3/t12-/m1/s1. The molecule has 0 fully saturated rings. The van der Waals surface area contributed by atoms with Gasteiger partial charge < -0.3 is 14.1 Å². The second-order valence-electron chi connectivity index (χ2n) is 5.96. The van der Waals surface area contributed by atoms with Crippen LogP contribution in [0.4, 0.5) is 0 Å². The third kappa shape index (κ3) is 2.97. The van der Waals surface area contributed by atoms with Gasteiger partial charge in [-0.05, 0) is 23.8 Å². The molecule has 0 unspecified atom stereocenters. The number of hydrogen-bond donors (Lipinski definition) is 0. The van der Waals surface area contributed by atoms with Crippen molar-refractivity contribution < 1.29 is 18.7 Å². The Morgan fingerprint density at radius 2 is 1.92 bits per heavy atom. The minimum absolute atomic E-state index is 0.0616. The molecule has 124 valence electrons. The van der Waals surface area contributed by atoms with Crippen molar-refractivity contribution in [2.45, 2.75) is 19.4 Å². The Hall–Kier alpha value is -2.82. The molecule has 3 rings (SSSR count). The van der Waals surface area contributed by atoms with Gasteiger partial charge in [-0.2, -0.15) is 0 Å². The molecule has 0 saturated heterocycles. The van der Waals surface area contributed by atoms with Crippen LogP contribution in [0.15, 0.2) is 47.1 Å². The molecule has 5 heteroatoms. The molecule has 1 atom stereocenters. The number of esters is 1. The Balaban J connectivity index is 1.86. The molecule has 5 nitrogen and oxygen atoms in total. The molecule has 0 aliphatic heterocycles. The largest absolute Gasteiger partial charge is 0.464 e. The van der Waals surface area contributed by atoms with Crippen LogP contribution in [-0.2, 0) is 20.7 Å². The van der Waals surface area contributed by atoms with Gasteiger partial charge in [0, 0.05) is 25.0 Å². The van der Waals surface area contributed by atoms with E-state index in [2.05, 4.69) is 0 Å². The van der Waals surface area contributed by atoms with Gasteiger partial charge in [0.2, 0.25) is 0 Å². The van der Waals surface area contributed by atoms with Crippen molar-refractivity contribution in [3.05, 3.63) is 48.2 Å². The Labute approximate surface area is 139 Å². The molecule has 0 bridgehead atoms. The molecule has 3 aromatic rings. The zero-order valence-corrected chi connectivity index (χ0v) is 13.9. The lowest BCUT2D eigenvalue weighted by Crippen LogP contribution is -2.35. The van der Waals surface area contributed by atoms with Gasteiger partial charge in [0.1, 0.15) is 5.58 Å². The Morgan fingerprint density at radius 3 is 2.67 bits per heavy atom. The number of fused-ring (bicyclic) bond motifs is 3. The highest BCUT2D eigenvalue weighted by Gasteiger charge is 2.21. The van der Waals surface area contributed by atoms with Gasteiger partial charge in [-0.3, -0.25) is 9.59 Å². The summed E-state index contributed by atoms with van der Waals surface area (Å²) in [6.07, 6.45) is 0.838. The Morgan fingerprint density at radius 1 is 1.17 bits per heavy atom. The van der Waals surface area contributed by atoms with Crippen molar-refractivity contribution in [1.82, 2.24) is 4.90 Å². The normalized spacial score (nSPS) is 12.3. The number of nitrogens with zero attached hydrogens (tertiary/aromatic N) is 1. The van der Waals surface area contributed by atoms with Crippen molar-refractivity contribution in [2.24, 2.45) is 0 Å². The monoisotopic (exact) mass is 325 g/mol. The summed E-state index contributed by atoms with van der Waals surface area (Å²) in [5.41, 5.74) is 1.49. The van der Waals surface area contributed by atoms with Crippen molar-refractivity contribution in [3.63, 3.8) is 0 Å². The summed E-state index contributed by atoms with van der Waals surface area (Å²) < 4.78 is 10.8. The minimum Gasteiger partial charge on any atom is -0.464 e. The van der Waals surface area contributed by atoms with Crippen LogP contribution in [0.2, 0.25) is 0 Å². The third-order valence-electron chi connectivity index (χ3n) is 3.97. The summed E-state index contributed by atoms with van der Waals surface area (Å²) >= 11 is 0. The highest BCUT2D eigenvalue weighted by molar-refractivity contribution is 6.08. The van der Waals surface area contributed by atoms with Crippen molar-refractivity contribution in [3.8, 4) is 0 Å². The van der Waals surface area contributed by atoms with Gasteiger partial charge in [0.25, 0.3) is 5.91 Å². The first-order chi connectivity index (χ1) is 11.5. The summed E-state index contributed by atoms with van der Waals surface area (Å²) in [6.45, 7) is 1.57. The molecule has 0 saturated carbocycles.